The zero-order chi connectivity index (χ0) is 13.0. The Bertz CT molecular complexity index is 574. The minimum atomic E-state index is -0.00873. The molecule has 0 atom stereocenters. The van der Waals surface area contributed by atoms with Gasteiger partial charge in [0.15, 0.2) is 5.78 Å². The third-order valence-corrected chi connectivity index (χ3v) is 3.79. The molecule has 3 nitrogen and oxygen atoms in total. The number of aromatic nitrogens is 1. The quantitative estimate of drug-likeness (QED) is 0.692. The summed E-state index contributed by atoms with van der Waals surface area (Å²) in [7, 11) is 0. The van der Waals surface area contributed by atoms with Crippen LogP contribution in [-0.2, 0) is 0 Å². The molecule has 2 N–H and O–H groups in total. The van der Waals surface area contributed by atoms with Crippen molar-refractivity contribution in [3.8, 4) is 0 Å². The van der Waals surface area contributed by atoms with Crippen molar-refractivity contribution in [2.45, 2.75) is 4.90 Å². The van der Waals surface area contributed by atoms with E-state index in [1.165, 1.54) is 11.8 Å². The number of carbonyl (C=O) groups excluding carboxylic acids is 1. The molecule has 2 aromatic rings. The van der Waals surface area contributed by atoms with Crippen LogP contribution in [0.4, 0.5) is 5.82 Å². The van der Waals surface area contributed by atoms with Gasteiger partial charge < -0.3 is 5.73 Å². The lowest BCUT2D eigenvalue weighted by atomic mass is 10.2. The van der Waals surface area contributed by atoms with Crippen LogP contribution in [0.25, 0.3) is 0 Å². The summed E-state index contributed by atoms with van der Waals surface area (Å²) in [5, 5.41) is 0. The lowest BCUT2D eigenvalue weighted by molar-refractivity contribution is 0.102. The molecule has 0 saturated carbocycles. The van der Waals surface area contributed by atoms with Crippen molar-refractivity contribution in [1.29, 1.82) is 0 Å². The maximum atomic E-state index is 12.0. The SMILES string of the molecule is Nc1ncccc1C(=O)CSc1cccc(Br)c1. The summed E-state index contributed by atoms with van der Waals surface area (Å²) in [5.41, 5.74) is 6.15. The van der Waals surface area contributed by atoms with Crippen LogP contribution in [-0.4, -0.2) is 16.5 Å². The first kappa shape index (κ1) is 13.1. The minimum Gasteiger partial charge on any atom is -0.383 e. The predicted molar refractivity (Wildman–Crippen MR) is 77.8 cm³/mol. The number of hydrogen-bond donors (Lipinski definition) is 1. The van der Waals surface area contributed by atoms with Gasteiger partial charge in [-0.05, 0) is 30.3 Å². The smallest absolute Gasteiger partial charge is 0.176 e. The number of pyridine rings is 1. The van der Waals surface area contributed by atoms with E-state index >= 15 is 0 Å². The fourth-order valence-electron chi connectivity index (χ4n) is 1.44. The summed E-state index contributed by atoms with van der Waals surface area (Å²) in [6.07, 6.45) is 1.58. The van der Waals surface area contributed by atoms with E-state index in [9.17, 15) is 4.79 Å². The first-order chi connectivity index (χ1) is 8.66. The number of carbonyl (C=O) groups is 1. The lowest BCUT2D eigenvalue weighted by Gasteiger charge is -2.04. The number of benzene rings is 1. The Kier molecular flexibility index (Phi) is 4.38. The molecule has 0 spiro atoms. The topological polar surface area (TPSA) is 56.0 Å². The monoisotopic (exact) mass is 322 g/mol. The number of rotatable bonds is 4. The minimum absolute atomic E-state index is 0.00873. The van der Waals surface area contributed by atoms with Crippen LogP contribution in [0.3, 0.4) is 0 Å². The van der Waals surface area contributed by atoms with Gasteiger partial charge in [0.2, 0.25) is 0 Å². The Morgan fingerprint density at radius 1 is 1.33 bits per heavy atom. The second-order valence-electron chi connectivity index (χ2n) is 3.61. The summed E-state index contributed by atoms with van der Waals surface area (Å²) in [5.74, 6) is 0.634. The first-order valence-electron chi connectivity index (χ1n) is 5.29. The number of thioether (sulfide) groups is 1. The van der Waals surface area contributed by atoms with E-state index in [0.717, 1.165) is 9.37 Å². The Labute approximate surface area is 118 Å². The van der Waals surface area contributed by atoms with Crippen molar-refractivity contribution >= 4 is 39.3 Å². The third-order valence-electron chi connectivity index (χ3n) is 2.30. The average Bonchev–Trinajstić information content (AvgIpc) is 2.37. The van der Waals surface area contributed by atoms with Gasteiger partial charge >= 0.3 is 0 Å². The van der Waals surface area contributed by atoms with Gasteiger partial charge in [-0.25, -0.2) is 4.98 Å². The molecule has 2 rings (SSSR count). The van der Waals surface area contributed by atoms with Crippen molar-refractivity contribution in [1.82, 2.24) is 4.98 Å². The van der Waals surface area contributed by atoms with E-state index < -0.39 is 0 Å². The molecule has 0 amide bonds. The van der Waals surface area contributed by atoms with Gasteiger partial charge in [0.05, 0.1) is 11.3 Å². The van der Waals surface area contributed by atoms with Gasteiger partial charge in [0, 0.05) is 15.6 Å². The van der Waals surface area contributed by atoms with Crippen molar-refractivity contribution in [3.05, 3.63) is 52.6 Å². The molecule has 5 heteroatoms. The average molecular weight is 323 g/mol. The van der Waals surface area contributed by atoms with Crippen molar-refractivity contribution in [2.24, 2.45) is 0 Å². The predicted octanol–water partition coefficient (Wildman–Crippen LogP) is 3.40. The standard InChI is InChI=1S/C13H11BrN2OS/c14-9-3-1-4-10(7-9)18-8-12(17)11-5-2-6-16-13(11)15/h1-7H,8H2,(H2,15,16). The maximum absolute atomic E-state index is 12.0. The highest BCUT2D eigenvalue weighted by molar-refractivity contribution is 9.10. The highest BCUT2D eigenvalue weighted by atomic mass is 79.9. The van der Waals surface area contributed by atoms with Crippen LogP contribution in [0.2, 0.25) is 0 Å². The Morgan fingerprint density at radius 3 is 2.89 bits per heavy atom. The Morgan fingerprint density at radius 2 is 2.17 bits per heavy atom. The fraction of sp³-hybridized carbons (Fsp3) is 0.0769. The Balaban J connectivity index is 2.03. The summed E-state index contributed by atoms with van der Waals surface area (Å²) in [6, 6.07) is 11.2. The van der Waals surface area contributed by atoms with Crippen LogP contribution in [0.5, 0.6) is 0 Å². The van der Waals surface area contributed by atoms with Gasteiger partial charge in [0.25, 0.3) is 0 Å². The highest BCUT2D eigenvalue weighted by Gasteiger charge is 2.10. The zero-order valence-electron chi connectivity index (χ0n) is 9.47. The molecule has 1 aromatic carbocycles. The van der Waals surface area contributed by atoms with Crippen molar-refractivity contribution in [3.63, 3.8) is 0 Å². The zero-order valence-corrected chi connectivity index (χ0v) is 11.9. The number of nitrogen functional groups attached to an aromatic ring is 1. The Hall–Kier alpha value is -1.33. The van der Waals surface area contributed by atoms with Gasteiger partial charge in [-0.1, -0.05) is 22.0 Å². The molecule has 0 fully saturated rings. The van der Waals surface area contributed by atoms with E-state index in [2.05, 4.69) is 20.9 Å². The second-order valence-corrected chi connectivity index (χ2v) is 5.57. The second kappa shape index (κ2) is 6.02. The molecule has 0 bridgehead atoms. The molecule has 0 aliphatic heterocycles. The number of nitrogens with zero attached hydrogens (tertiary/aromatic N) is 1. The van der Waals surface area contributed by atoms with E-state index in [-0.39, 0.29) is 11.6 Å². The number of hydrogen-bond acceptors (Lipinski definition) is 4. The molecule has 0 unspecified atom stereocenters. The van der Waals surface area contributed by atoms with Crippen molar-refractivity contribution in [2.75, 3.05) is 11.5 Å². The van der Waals surface area contributed by atoms with Gasteiger partial charge in [-0.15, -0.1) is 11.8 Å². The van der Waals surface area contributed by atoms with E-state index in [0.29, 0.717) is 11.3 Å². The largest absolute Gasteiger partial charge is 0.383 e. The summed E-state index contributed by atoms with van der Waals surface area (Å²) < 4.78 is 1.00. The molecule has 0 aliphatic rings. The van der Waals surface area contributed by atoms with Gasteiger partial charge in [-0.3, -0.25) is 4.79 Å². The number of anilines is 1. The van der Waals surface area contributed by atoms with Crippen LogP contribution in [0.1, 0.15) is 10.4 Å². The molecular weight excluding hydrogens is 312 g/mol. The van der Waals surface area contributed by atoms with Crippen LogP contribution in [0.15, 0.2) is 52.0 Å². The van der Waals surface area contributed by atoms with Gasteiger partial charge in [-0.2, -0.15) is 0 Å². The van der Waals surface area contributed by atoms with E-state index in [1.807, 2.05) is 24.3 Å². The number of Topliss-reactive ketones (excluding diaryl/α,β-unsaturated/α-hetero) is 1. The van der Waals surface area contributed by atoms with E-state index in [1.54, 1.807) is 18.3 Å². The van der Waals surface area contributed by atoms with Crippen molar-refractivity contribution < 1.29 is 4.79 Å². The van der Waals surface area contributed by atoms with Crippen LogP contribution in [0, 0.1) is 0 Å². The molecule has 1 heterocycles. The molecular formula is C13H11BrN2OS. The van der Waals surface area contributed by atoms with Crippen LogP contribution < -0.4 is 5.73 Å². The lowest BCUT2D eigenvalue weighted by Crippen LogP contribution is -2.07. The van der Waals surface area contributed by atoms with Crippen LogP contribution >= 0.6 is 27.7 Å². The van der Waals surface area contributed by atoms with Gasteiger partial charge in [0.1, 0.15) is 5.82 Å². The normalized spacial score (nSPS) is 10.3. The van der Waals surface area contributed by atoms with E-state index in [4.69, 9.17) is 5.73 Å². The highest BCUT2D eigenvalue weighted by Crippen LogP contribution is 2.23. The third kappa shape index (κ3) is 3.34. The number of halogens is 1. The summed E-state index contributed by atoms with van der Waals surface area (Å²) in [6.45, 7) is 0. The molecule has 0 saturated heterocycles. The number of nitrogens with two attached hydrogens (primary N) is 1. The number of ketones is 1. The summed E-state index contributed by atoms with van der Waals surface area (Å²) >= 11 is 4.88. The maximum Gasteiger partial charge on any atom is 0.176 e. The molecule has 92 valence electrons. The fourth-order valence-corrected chi connectivity index (χ4v) is 2.83. The molecule has 1 aromatic heterocycles. The first-order valence-corrected chi connectivity index (χ1v) is 7.07. The molecule has 0 aliphatic carbocycles. The molecule has 0 radical (unpaired) electrons. The molecule has 18 heavy (non-hydrogen) atoms. The summed E-state index contributed by atoms with van der Waals surface area (Å²) in [4.78, 5) is 16.9.